The number of nitrogens with zero attached hydrogens (tertiary/aromatic N) is 3. The first-order valence-corrected chi connectivity index (χ1v) is 10.7. The van der Waals surface area contributed by atoms with Crippen LogP contribution in [0.2, 0.25) is 5.02 Å². The third kappa shape index (κ3) is 4.72. The van der Waals surface area contributed by atoms with E-state index in [4.69, 9.17) is 11.6 Å². The molecule has 0 unspecified atom stereocenters. The molecule has 0 aliphatic heterocycles. The Labute approximate surface area is 184 Å². The Balaban J connectivity index is 1.55. The van der Waals surface area contributed by atoms with Crippen LogP contribution in [0.15, 0.2) is 90.5 Å². The van der Waals surface area contributed by atoms with E-state index in [1.165, 1.54) is 11.8 Å². The number of aromatic nitrogens is 3. The first-order valence-electron chi connectivity index (χ1n) is 9.39. The van der Waals surface area contributed by atoms with Gasteiger partial charge < -0.3 is 5.32 Å². The Bertz CT molecular complexity index is 1130. The fraction of sp³-hybridized carbons (Fsp3) is 0.0870. The number of amides is 1. The zero-order valence-corrected chi connectivity index (χ0v) is 17.6. The van der Waals surface area contributed by atoms with Gasteiger partial charge in [-0.25, -0.2) is 4.98 Å². The molecule has 2 aromatic heterocycles. The fourth-order valence-corrected chi connectivity index (χ4v) is 4.04. The second-order valence-corrected chi connectivity index (χ2v) is 7.86. The van der Waals surface area contributed by atoms with Crippen LogP contribution < -0.4 is 5.32 Å². The first-order chi connectivity index (χ1) is 14.7. The highest BCUT2D eigenvalue weighted by Crippen LogP contribution is 2.32. The van der Waals surface area contributed by atoms with Crippen LogP contribution in [0.3, 0.4) is 0 Å². The minimum Gasteiger partial charge on any atom is -0.351 e. The molecule has 0 spiro atoms. The number of rotatable bonds is 7. The smallest absolute Gasteiger partial charge is 0.230 e. The standard InChI is InChI=1S/C23H19ClN4OS/c24-19-10-4-5-11-20(19)28-21(18-8-2-1-3-9-18)15-27-23(28)30-16-22(29)26-14-17-7-6-12-25-13-17/h1-13,15H,14,16H2,(H,26,29). The second-order valence-electron chi connectivity index (χ2n) is 6.51. The van der Waals surface area contributed by atoms with E-state index in [1.54, 1.807) is 12.4 Å². The van der Waals surface area contributed by atoms with Crippen LogP contribution in [0, 0.1) is 0 Å². The number of para-hydroxylation sites is 1. The molecule has 7 heteroatoms. The topological polar surface area (TPSA) is 59.8 Å². The van der Waals surface area contributed by atoms with Gasteiger partial charge in [-0.2, -0.15) is 0 Å². The van der Waals surface area contributed by atoms with Crippen molar-refractivity contribution in [2.75, 3.05) is 5.75 Å². The highest BCUT2D eigenvalue weighted by atomic mass is 35.5. The van der Waals surface area contributed by atoms with Gasteiger partial charge in [0.05, 0.1) is 28.4 Å². The maximum atomic E-state index is 12.4. The van der Waals surface area contributed by atoms with E-state index in [0.29, 0.717) is 16.7 Å². The quantitative estimate of drug-likeness (QED) is 0.416. The average molecular weight is 435 g/mol. The molecule has 1 N–H and O–H groups in total. The zero-order valence-electron chi connectivity index (χ0n) is 16.0. The number of pyridine rings is 1. The van der Waals surface area contributed by atoms with E-state index >= 15 is 0 Å². The van der Waals surface area contributed by atoms with E-state index in [2.05, 4.69) is 15.3 Å². The number of halogens is 1. The summed E-state index contributed by atoms with van der Waals surface area (Å²) < 4.78 is 2.00. The molecule has 4 rings (SSSR count). The SMILES string of the molecule is O=C(CSc1ncc(-c2ccccc2)n1-c1ccccc1Cl)NCc1cccnc1. The monoisotopic (exact) mass is 434 g/mol. The summed E-state index contributed by atoms with van der Waals surface area (Å²) in [4.78, 5) is 21.0. The van der Waals surface area contributed by atoms with Crippen LogP contribution in [-0.2, 0) is 11.3 Å². The Morgan fingerprint density at radius 1 is 1.00 bits per heavy atom. The number of imidazole rings is 1. The van der Waals surface area contributed by atoms with Crippen molar-refractivity contribution in [1.29, 1.82) is 0 Å². The molecule has 0 aliphatic rings. The van der Waals surface area contributed by atoms with Gasteiger partial charge in [0.25, 0.3) is 0 Å². The largest absolute Gasteiger partial charge is 0.351 e. The Hall–Kier alpha value is -3.09. The van der Waals surface area contributed by atoms with E-state index in [0.717, 1.165) is 22.5 Å². The summed E-state index contributed by atoms with van der Waals surface area (Å²) in [6.45, 7) is 0.446. The highest BCUT2D eigenvalue weighted by Gasteiger charge is 2.17. The molecule has 150 valence electrons. The molecule has 0 saturated carbocycles. The summed E-state index contributed by atoms with van der Waals surface area (Å²) in [5.74, 6) is 0.175. The lowest BCUT2D eigenvalue weighted by atomic mass is 10.1. The molecule has 0 saturated heterocycles. The maximum Gasteiger partial charge on any atom is 0.230 e. The summed E-state index contributed by atoms with van der Waals surface area (Å²) in [6.07, 6.45) is 5.26. The van der Waals surface area contributed by atoms with Crippen LogP contribution in [0.4, 0.5) is 0 Å². The summed E-state index contributed by atoms with van der Waals surface area (Å²) in [5, 5.41) is 4.24. The summed E-state index contributed by atoms with van der Waals surface area (Å²) in [5.41, 5.74) is 3.73. The van der Waals surface area contributed by atoms with E-state index in [-0.39, 0.29) is 11.7 Å². The number of hydrogen-bond acceptors (Lipinski definition) is 4. The van der Waals surface area contributed by atoms with Crippen molar-refractivity contribution in [2.45, 2.75) is 11.7 Å². The minimum atomic E-state index is -0.0705. The molecule has 2 heterocycles. The van der Waals surface area contributed by atoms with Gasteiger partial charge in [0.15, 0.2) is 5.16 Å². The third-order valence-electron chi connectivity index (χ3n) is 4.44. The van der Waals surface area contributed by atoms with Crippen molar-refractivity contribution in [2.24, 2.45) is 0 Å². The van der Waals surface area contributed by atoms with Crippen LogP contribution in [0.25, 0.3) is 16.9 Å². The molecule has 4 aromatic rings. The fourth-order valence-electron chi connectivity index (χ4n) is 3.00. The number of nitrogens with one attached hydrogen (secondary N) is 1. The molecule has 0 bridgehead atoms. The number of carbonyl (C=O) groups excluding carboxylic acids is 1. The van der Waals surface area contributed by atoms with Gasteiger partial charge >= 0.3 is 0 Å². The van der Waals surface area contributed by atoms with Gasteiger partial charge in [0, 0.05) is 24.5 Å². The molecule has 0 radical (unpaired) electrons. The zero-order chi connectivity index (χ0) is 20.8. The summed E-state index contributed by atoms with van der Waals surface area (Å²) >= 11 is 7.86. The van der Waals surface area contributed by atoms with Crippen molar-refractivity contribution < 1.29 is 4.79 Å². The van der Waals surface area contributed by atoms with Gasteiger partial charge in [-0.15, -0.1) is 0 Å². The lowest BCUT2D eigenvalue weighted by Gasteiger charge is -2.13. The first kappa shape index (κ1) is 20.2. The van der Waals surface area contributed by atoms with Crippen molar-refractivity contribution in [3.05, 3.63) is 95.9 Å². The average Bonchev–Trinajstić information content (AvgIpc) is 3.21. The Kier molecular flexibility index (Phi) is 6.47. The van der Waals surface area contributed by atoms with Gasteiger partial charge in [0.2, 0.25) is 5.91 Å². The normalized spacial score (nSPS) is 10.7. The van der Waals surface area contributed by atoms with E-state index in [9.17, 15) is 4.79 Å². The van der Waals surface area contributed by atoms with E-state index in [1.807, 2.05) is 77.5 Å². The number of carbonyl (C=O) groups is 1. The van der Waals surface area contributed by atoms with Crippen LogP contribution in [0.5, 0.6) is 0 Å². The Morgan fingerprint density at radius 3 is 2.57 bits per heavy atom. The predicted molar refractivity (Wildman–Crippen MR) is 121 cm³/mol. The molecule has 5 nitrogen and oxygen atoms in total. The molecule has 30 heavy (non-hydrogen) atoms. The van der Waals surface area contributed by atoms with Crippen molar-refractivity contribution in [3.63, 3.8) is 0 Å². The van der Waals surface area contributed by atoms with Crippen molar-refractivity contribution in [1.82, 2.24) is 19.9 Å². The summed E-state index contributed by atoms with van der Waals surface area (Å²) in [7, 11) is 0. The second kappa shape index (κ2) is 9.61. The molecular formula is C23H19ClN4OS. The van der Waals surface area contributed by atoms with Crippen molar-refractivity contribution >= 4 is 29.3 Å². The van der Waals surface area contributed by atoms with Gasteiger partial charge in [-0.3, -0.25) is 14.3 Å². The predicted octanol–water partition coefficient (Wildman–Crippen LogP) is 5.00. The molecule has 0 fully saturated rings. The molecule has 1 amide bonds. The number of benzene rings is 2. The maximum absolute atomic E-state index is 12.4. The van der Waals surface area contributed by atoms with Crippen LogP contribution >= 0.6 is 23.4 Å². The van der Waals surface area contributed by atoms with Gasteiger partial charge in [0.1, 0.15) is 0 Å². The number of thioether (sulfide) groups is 1. The van der Waals surface area contributed by atoms with Gasteiger partial charge in [-0.1, -0.05) is 71.9 Å². The van der Waals surface area contributed by atoms with Crippen molar-refractivity contribution in [3.8, 4) is 16.9 Å². The highest BCUT2D eigenvalue weighted by molar-refractivity contribution is 7.99. The molecule has 0 aliphatic carbocycles. The lowest BCUT2D eigenvalue weighted by molar-refractivity contribution is -0.118. The van der Waals surface area contributed by atoms with E-state index < -0.39 is 0 Å². The van der Waals surface area contributed by atoms with Crippen LogP contribution in [0.1, 0.15) is 5.56 Å². The minimum absolute atomic E-state index is 0.0705. The molecule has 2 aromatic carbocycles. The molecule has 0 atom stereocenters. The third-order valence-corrected chi connectivity index (χ3v) is 5.71. The lowest BCUT2D eigenvalue weighted by Crippen LogP contribution is -2.24. The van der Waals surface area contributed by atoms with Gasteiger partial charge in [-0.05, 0) is 23.8 Å². The van der Waals surface area contributed by atoms with Crippen LogP contribution in [-0.4, -0.2) is 26.2 Å². The molecular weight excluding hydrogens is 416 g/mol. The summed E-state index contributed by atoms with van der Waals surface area (Å²) in [6, 6.07) is 21.4. The number of hydrogen-bond donors (Lipinski definition) is 1. The Morgan fingerprint density at radius 2 is 1.80 bits per heavy atom.